The van der Waals surface area contributed by atoms with Gasteiger partial charge in [-0.05, 0) is 54.8 Å². The molecule has 0 aliphatic carbocycles. The van der Waals surface area contributed by atoms with Gasteiger partial charge in [0.15, 0.2) is 0 Å². The predicted octanol–water partition coefficient (Wildman–Crippen LogP) is 3.43. The van der Waals surface area contributed by atoms with Crippen molar-refractivity contribution >= 4 is 17.4 Å². The standard InChI is InChI=1S/C17H21N3O/c1-12-7-13(2)9-16(8-12)20(3)17(21)19-15-6-4-5-14(10-15)11-18/h4-10H,11,18H2,1-3H3,(H,19,21). The van der Waals surface area contributed by atoms with Crippen LogP contribution in [0.5, 0.6) is 0 Å². The Kier molecular flexibility index (Phi) is 4.60. The maximum atomic E-state index is 12.3. The Morgan fingerprint density at radius 1 is 1.14 bits per heavy atom. The van der Waals surface area contributed by atoms with Crippen LogP contribution in [0.15, 0.2) is 42.5 Å². The van der Waals surface area contributed by atoms with Crippen LogP contribution in [0.4, 0.5) is 16.2 Å². The Labute approximate surface area is 125 Å². The molecule has 0 atom stereocenters. The molecular formula is C17H21N3O. The number of nitrogens with one attached hydrogen (secondary N) is 1. The third-order valence-corrected chi connectivity index (χ3v) is 3.31. The van der Waals surface area contributed by atoms with Crippen LogP contribution in [0.2, 0.25) is 0 Å². The number of hydrogen-bond acceptors (Lipinski definition) is 2. The monoisotopic (exact) mass is 283 g/mol. The second-order valence-corrected chi connectivity index (χ2v) is 5.24. The molecule has 0 radical (unpaired) electrons. The number of anilines is 2. The SMILES string of the molecule is Cc1cc(C)cc(N(C)C(=O)Nc2cccc(CN)c2)c1. The van der Waals surface area contributed by atoms with Crippen LogP contribution in [-0.2, 0) is 6.54 Å². The summed E-state index contributed by atoms with van der Waals surface area (Å²) in [5.74, 6) is 0. The van der Waals surface area contributed by atoms with Gasteiger partial charge in [-0.15, -0.1) is 0 Å². The van der Waals surface area contributed by atoms with Crippen molar-refractivity contribution in [3.8, 4) is 0 Å². The number of carbonyl (C=O) groups excluding carboxylic acids is 1. The lowest BCUT2D eigenvalue weighted by Gasteiger charge is -2.19. The van der Waals surface area contributed by atoms with E-state index in [0.717, 1.165) is 28.1 Å². The van der Waals surface area contributed by atoms with Gasteiger partial charge in [-0.1, -0.05) is 18.2 Å². The highest BCUT2D eigenvalue weighted by atomic mass is 16.2. The van der Waals surface area contributed by atoms with E-state index in [0.29, 0.717) is 6.54 Å². The summed E-state index contributed by atoms with van der Waals surface area (Å²) >= 11 is 0. The molecule has 0 heterocycles. The van der Waals surface area contributed by atoms with E-state index in [1.165, 1.54) is 0 Å². The van der Waals surface area contributed by atoms with Crippen molar-refractivity contribution in [3.05, 3.63) is 59.2 Å². The van der Waals surface area contributed by atoms with Gasteiger partial charge in [0, 0.05) is 25.0 Å². The zero-order chi connectivity index (χ0) is 15.4. The number of hydrogen-bond donors (Lipinski definition) is 2. The molecule has 4 nitrogen and oxygen atoms in total. The fourth-order valence-corrected chi connectivity index (χ4v) is 2.24. The summed E-state index contributed by atoms with van der Waals surface area (Å²) in [5.41, 5.74) is 10.5. The van der Waals surface area contributed by atoms with Gasteiger partial charge in [0.2, 0.25) is 0 Å². The van der Waals surface area contributed by atoms with E-state index < -0.39 is 0 Å². The van der Waals surface area contributed by atoms with Gasteiger partial charge in [0.1, 0.15) is 0 Å². The Balaban J connectivity index is 2.15. The van der Waals surface area contributed by atoms with Crippen molar-refractivity contribution in [1.82, 2.24) is 0 Å². The number of nitrogens with zero attached hydrogens (tertiary/aromatic N) is 1. The van der Waals surface area contributed by atoms with Gasteiger partial charge in [-0.2, -0.15) is 0 Å². The highest BCUT2D eigenvalue weighted by Crippen LogP contribution is 2.19. The molecule has 0 saturated heterocycles. The average molecular weight is 283 g/mol. The van der Waals surface area contributed by atoms with Crippen molar-refractivity contribution in [2.24, 2.45) is 5.73 Å². The molecule has 3 N–H and O–H groups in total. The number of rotatable bonds is 3. The first-order valence-electron chi connectivity index (χ1n) is 6.91. The summed E-state index contributed by atoms with van der Waals surface area (Å²) in [6, 6.07) is 13.4. The minimum atomic E-state index is -0.172. The molecule has 4 heteroatoms. The minimum absolute atomic E-state index is 0.172. The second-order valence-electron chi connectivity index (χ2n) is 5.24. The number of amides is 2. The Morgan fingerprint density at radius 2 is 1.81 bits per heavy atom. The van der Waals surface area contributed by atoms with Gasteiger partial charge in [0.05, 0.1) is 0 Å². The van der Waals surface area contributed by atoms with Gasteiger partial charge < -0.3 is 11.1 Å². The van der Waals surface area contributed by atoms with E-state index in [9.17, 15) is 4.79 Å². The molecule has 0 aliphatic heterocycles. The summed E-state index contributed by atoms with van der Waals surface area (Å²) in [7, 11) is 1.76. The number of carbonyl (C=O) groups is 1. The fraction of sp³-hybridized carbons (Fsp3) is 0.235. The molecule has 2 rings (SSSR count). The van der Waals surface area contributed by atoms with Crippen molar-refractivity contribution in [2.45, 2.75) is 20.4 Å². The lowest BCUT2D eigenvalue weighted by molar-refractivity contribution is 0.258. The number of nitrogens with two attached hydrogens (primary N) is 1. The highest BCUT2D eigenvalue weighted by Gasteiger charge is 2.11. The molecule has 110 valence electrons. The highest BCUT2D eigenvalue weighted by molar-refractivity contribution is 6.01. The van der Waals surface area contributed by atoms with Crippen LogP contribution in [0.25, 0.3) is 0 Å². The molecule has 2 aromatic rings. The zero-order valence-electron chi connectivity index (χ0n) is 12.7. The molecule has 0 aliphatic rings. The van der Waals surface area contributed by atoms with E-state index in [-0.39, 0.29) is 6.03 Å². The Morgan fingerprint density at radius 3 is 2.43 bits per heavy atom. The number of aryl methyl sites for hydroxylation is 2. The van der Waals surface area contributed by atoms with Crippen molar-refractivity contribution in [1.29, 1.82) is 0 Å². The third-order valence-electron chi connectivity index (χ3n) is 3.31. The Bertz CT molecular complexity index is 632. The molecule has 0 aromatic heterocycles. The lowest BCUT2D eigenvalue weighted by Crippen LogP contribution is -2.31. The molecule has 2 aromatic carbocycles. The maximum Gasteiger partial charge on any atom is 0.326 e. The minimum Gasteiger partial charge on any atom is -0.326 e. The summed E-state index contributed by atoms with van der Waals surface area (Å²) in [6.45, 7) is 4.50. The van der Waals surface area contributed by atoms with Crippen LogP contribution in [0.1, 0.15) is 16.7 Å². The van der Waals surface area contributed by atoms with Gasteiger partial charge >= 0.3 is 6.03 Å². The topological polar surface area (TPSA) is 58.4 Å². The lowest BCUT2D eigenvalue weighted by atomic mass is 10.1. The fourth-order valence-electron chi connectivity index (χ4n) is 2.24. The molecular weight excluding hydrogens is 262 g/mol. The molecule has 2 amide bonds. The largest absolute Gasteiger partial charge is 0.326 e. The zero-order valence-corrected chi connectivity index (χ0v) is 12.7. The van der Waals surface area contributed by atoms with Crippen LogP contribution >= 0.6 is 0 Å². The number of urea groups is 1. The van der Waals surface area contributed by atoms with E-state index in [4.69, 9.17) is 5.73 Å². The van der Waals surface area contributed by atoms with Crippen LogP contribution < -0.4 is 16.0 Å². The van der Waals surface area contributed by atoms with Crippen LogP contribution in [-0.4, -0.2) is 13.1 Å². The molecule has 0 spiro atoms. The molecule has 0 saturated carbocycles. The van der Waals surface area contributed by atoms with Gasteiger partial charge in [0.25, 0.3) is 0 Å². The van der Waals surface area contributed by atoms with Crippen LogP contribution in [0, 0.1) is 13.8 Å². The summed E-state index contributed by atoms with van der Waals surface area (Å²) in [5, 5.41) is 2.89. The quantitative estimate of drug-likeness (QED) is 0.906. The van der Waals surface area contributed by atoms with E-state index in [2.05, 4.69) is 11.4 Å². The average Bonchev–Trinajstić information content (AvgIpc) is 2.45. The second kappa shape index (κ2) is 6.41. The summed E-state index contributed by atoms with van der Waals surface area (Å²) in [6.07, 6.45) is 0. The van der Waals surface area contributed by atoms with Crippen molar-refractivity contribution < 1.29 is 4.79 Å². The van der Waals surface area contributed by atoms with E-state index >= 15 is 0 Å². The Hall–Kier alpha value is -2.33. The first-order valence-corrected chi connectivity index (χ1v) is 6.91. The third kappa shape index (κ3) is 3.83. The normalized spacial score (nSPS) is 10.3. The summed E-state index contributed by atoms with van der Waals surface area (Å²) in [4.78, 5) is 13.9. The van der Waals surface area contributed by atoms with Crippen molar-refractivity contribution in [2.75, 3.05) is 17.3 Å². The van der Waals surface area contributed by atoms with Gasteiger partial charge in [-0.25, -0.2) is 4.79 Å². The summed E-state index contributed by atoms with van der Waals surface area (Å²) < 4.78 is 0. The van der Waals surface area contributed by atoms with Crippen molar-refractivity contribution in [3.63, 3.8) is 0 Å². The first-order chi connectivity index (χ1) is 9.99. The van der Waals surface area contributed by atoms with Crippen LogP contribution in [0.3, 0.4) is 0 Å². The number of benzene rings is 2. The molecule has 0 unspecified atom stereocenters. The first kappa shape index (κ1) is 15.1. The molecule has 0 bridgehead atoms. The molecule has 21 heavy (non-hydrogen) atoms. The predicted molar refractivity (Wildman–Crippen MR) is 87.7 cm³/mol. The smallest absolute Gasteiger partial charge is 0.326 e. The molecule has 0 fully saturated rings. The maximum absolute atomic E-state index is 12.3. The van der Waals surface area contributed by atoms with E-state index in [1.54, 1.807) is 11.9 Å². The van der Waals surface area contributed by atoms with Gasteiger partial charge in [-0.3, -0.25) is 4.90 Å². The van der Waals surface area contributed by atoms with E-state index in [1.807, 2.05) is 50.2 Å².